The van der Waals surface area contributed by atoms with Crippen LogP contribution in [-0.4, -0.2) is 61.7 Å². The number of allylic oxidation sites excluding steroid dienone is 2. The zero-order valence-electron chi connectivity index (χ0n) is 26.0. The summed E-state index contributed by atoms with van der Waals surface area (Å²) in [6.07, 6.45) is 12.2. The van der Waals surface area contributed by atoms with Crippen molar-refractivity contribution in [1.29, 1.82) is 0 Å². The van der Waals surface area contributed by atoms with Crippen LogP contribution in [0.15, 0.2) is 33.7 Å². The van der Waals surface area contributed by atoms with Gasteiger partial charge in [-0.15, -0.1) is 10.2 Å². The number of aliphatic hydroxyl groups excluding tert-OH is 1. The zero-order valence-corrected chi connectivity index (χ0v) is 26.0. The van der Waals surface area contributed by atoms with Crippen molar-refractivity contribution in [1.82, 2.24) is 25.1 Å². The van der Waals surface area contributed by atoms with E-state index in [1.54, 1.807) is 6.07 Å². The second-order valence-corrected chi connectivity index (χ2v) is 11.9. The Bertz CT molecular complexity index is 1440. The third-order valence-corrected chi connectivity index (χ3v) is 8.89. The van der Waals surface area contributed by atoms with Gasteiger partial charge in [-0.05, 0) is 82.1 Å². The highest BCUT2D eigenvalue weighted by molar-refractivity contribution is 5.83. The summed E-state index contributed by atoms with van der Waals surface area (Å²) in [5, 5.41) is 20.0. The standard InChI is InChI=1S/C34H45FN6O2/c1-5-10-27-13-8-7-11-26(15-18-36-27)33-39-40-34(43-33)31-22(3)37-23(4)38-32(31)25-16-19-41(20-17-25)30(42)21-28-24(6-2)12-9-14-29(28)35/h9,12,14-15,18,25,27,30,42H,5-8,10-11,13,16-17,19-21H2,1-4H3/b26-15+,36-18?. The minimum Gasteiger partial charge on any atom is -0.416 e. The smallest absolute Gasteiger partial charge is 0.251 e. The number of aromatic nitrogens is 4. The molecule has 0 amide bonds. The normalized spacial score (nSPS) is 20.7. The van der Waals surface area contributed by atoms with Crippen molar-refractivity contribution in [3.8, 4) is 11.5 Å². The summed E-state index contributed by atoms with van der Waals surface area (Å²) in [5.74, 6) is 1.59. The second-order valence-electron chi connectivity index (χ2n) is 11.9. The maximum absolute atomic E-state index is 14.6. The van der Waals surface area contributed by atoms with E-state index in [0.29, 0.717) is 42.3 Å². The van der Waals surface area contributed by atoms with Gasteiger partial charge in [-0.2, -0.15) is 0 Å². The Labute approximate surface area is 254 Å². The van der Waals surface area contributed by atoms with Crippen molar-refractivity contribution < 1.29 is 13.9 Å². The van der Waals surface area contributed by atoms with E-state index >= 15 is 0 Å². The van der Waals surface area contributed by atoms with Gasteiger partial charge in [-0.1, -0.05) is 38.8 Å². The molecule has 0 radical (unpaired) electrons. The van der Waals surface area contributed by atoms with Crippen molar-refractivity contribution in [2.24, 2.45) is 4.99 Å². The van der Waals surface area contributed by atoms with E-state index in [9.17, 15) is 9.50 Å². The topological polar surface area (TPSA) is 101 Å². The monoisotopic (exact) mass is 588 g/mol. The molecular weight excluding hydrogens is 543 g/mol. The predicted octanol–water partition coefficient (Wildman–Crippen LogP) is 6.78. The van der Waals surface area contributed by atoms with Crippen LogP contribution in [0.4, 0.5) is 4.39 Å². The van der Waals surface area contributed by atoms with Crippen molar-refractivity contribution in [2.45, 2.75) is 110 Å². The molecule has 3 aromatic rings. The Balaban J connectivity index is 1.32. The molecule has 0 spiro atoms. The largest absolute Gasteiger partial charge is 0.416 e. The molecule has 230 valence electrons. The third kappa shape index (κ3) is 7.44. The first-order valence-electron chi connectivity index (χ1n) is 16.0. The first kappa shape index (κ1) is 31.1. The second kappa shape index (κ2) is 14.4. The van der Waals surface area contributed by atoms with Crippen LogP contribution in [0.3, 0.4) is 0 Å². The number of aryl methyl sites for hydroxylation is 3. The van der Waals surface area contributed by atoms with Crippen LogP contribution in [0.25, 0.3) is 17.0 Å². The zero-order chi connectivity index (χ0) is 30.3. The molecule has 0 bridgehead atoms. The highest BCUT2D eigenvalue weighted by atomic mass is 19.1. The van der Waals surface area contributed by atoms with Crippen molar-refractivity contribution in [2.75, 3.05) is 13.1 Å². The highest BCUT2D eigenvalue weighted by Crippen LogP contribution is 2.36. The first-order chi connectivity index (χ1) is 20.9. The summed E-state index contributed by atoms with van der Waals surface area (Å²) >= 11 is 0. The van der Waals surface area contributed by atoms with Gasteiger partial charge in [0.05, 0.1) is 17.0 Å². The quantitative estimate of drug-likeness (QED) is 0.294. The van der Waals surface area contributed by atoms with E-state index < -0.39 is 6.23 Å². The van der Waals surface area contributed by atoms with Gasteiger partial charge in [-0.3, -0.25) is 9.89 Å². The van der Waals surface area contributed by atoms with Gasteiger partial charge < -0.3 is 9.52 Å². The lowest BCUT2D eigenvalue weighted by Gasteiger charge is -2.35. The van der Waals surface area contributed by atoms with Crippen molar-refractivity contribution in [3.05, 3.63) is 64.3 Å². The number of hydrogen-bond acceptors (Lipinski definition) is 8. The van der Waals surface area contributed by atoms with E-state index in [4.69, 9.17) is 14.4 Å². The lowest BCUT2D eigenvalue weighted by Crippen LogP contribution is -2.42. The third-order valence-electron chi connectivity index (χ3n) is 8.89. The van der Waals surface area contributed by atoms with Gasteiger partial charge >= 0.3 is 0 Å². The minimum atomic E-state index is -0.739. The Morgan fingerprint density at radius 1 is 1.05 bits per heavy atom. The summed E-state index contributed by atoms with van der Waals surface area (Å²) in [6, 6.07) is 5.53. The van der Waals surface area contributed by atoms with Crippen LogP contribution in [0, 0.1) is 19.7 Å². The summed E-state index contributed by atoms with van der Waals surface area (Å²) in [7, 11) is 0. The molecule has 2 aliphatic heterocycles. The molecule has 2 atom stereocenters. The average molecular weight is 589 g/mol. The Morgan fingerprint density at radius 3 is 2.60 bits per heavy atom. The maximum Gasteiger partial charge on any atom is 0.251 e. The number of halogens is 1. The molecule has 1 fully saturated rings. The first-order valence-corrected chi connectivity index (χ1v) is 16.0. The molecule has 2 aliphatic rings. The van der Waals surface area contributed by atoms with E-state index in [2.05, 4.69) is 22.1 Å². The Morgan fingerprint density at radius 2 is 1.84 bits per heavy atom. The van der Waals surface area contributed by atoms with Gasteiger partial charge in [0.1, 0.15) is 17.9 Å². The number of rotatable bonds is 9. The molecule has 5 rings (SSSR count). The van der Waals surface area contributed by atoms with E-state index in [0.717, 1.165) is 85.9 Å². The van der Waals surface area contributed by atoms with Crippen LogP contribution in [-0.2, 0) is 12.8 Å². The number of aliphatic imine (C=N–C) groups is 1. The van der Waals surface area contributed by atoms with Crippen LogP contribution < -0.4 is 0 Å². The molecular formula is C34H45FN6O2. The predicted molar refractivity (Wildman–Crippen MR) is 167 cm³/mol. The van der Waals surface area contributed by atoms with Gasteiger partial charge in [0.2, 0.25) is 5.89 Å². The number of benzene rings is 1. The molecule has 4 heterocycles. The molecule has 0 saturated carbocycles. The van der Waals surface area contributed by atoms with Gasteiger partial charge in [-0.25, -0.2) is 14.4 Å². The van der Waals surface area contributed by atoms with Crippen molar-refractivity contribution >= 4 is 11.8 Å². The molecule has 2 unspecified atom stereocenters. The van der Waals surface area contributed by atoms with Gasteiger partial charge in [0.15, 0.2) is 0 Å². The summed E-state index contributed by atoms with van der Waals surface area (Å²) in [4.78, 5) is 16.4. The molecule has 1 aromatic carbocycles. The number of nitrogens with zero attached hydrogens (tertiary/aromatic N) is 6. The van der Waals surface area contributed by atoms with Crippen LogP contribution >= 0.6 is 0 Å². The molecule has 1 N–H and O–H groups in total. The number of likely N-dealkylation sites (tertiary alicyclic amines) is 1. The highest BCUT2D eigenvalue weighted by Gasteiger charge is 2.31. The Kier molecular flexibility index (Phi) is 10.5. The average Bonchev–Trinajstić information content (AvgIpc) is 3.51. The lowest BCUT2D eigenvalue weighted by atomic mass is 9.89. The SMILES string of the molecule is CCCC1CCCC/C(c2nnc(-c3c(C)nc(C)nc3C3CCN(C(O)Cc4c(F)cccc4CC)CC3)o2)=C\C=N1. The summed E-state index contributed by atoms with van der Waals surface area (Å²) < 4.78 is 20.9. The van der Waals surface area contributed by atoms with E-state index in [1.165, 1.54) is 6.07 Å². The number of aliphatic hydroxyl groups is 1. The Hall–Kier alpha value is -3.30. The summed E-state index contributed by atoms with van der Waals surface area (Å²) in [5.41, 5.74) is 5.11. The molecule has 0 aliphatic carbocycles. The molecule has 8 nitrogen and oxygen atoms in total. The summed E-state index contributed by atoms with van der Waals surface area (Å²) in [6.45, 7) is 9.46. The molecule has 9 heteroatoms. The maximum atomic E-state index is 14.6. The van der Waals surface area contributed by atoms with Crippen LogP contribution in [0.5, 0.6) is 0 Å². The van der Waals surface area contributed by atoms with Crippen LogP contribution in [0.2, 0.25) is 0 Å². The fraction of sp³-hybridized carbons (Fsp3) is 0.559. The number of piperidine rings is 1. The van der Waals surface area contributed by atoms with Crippen LogP contribution in [0.1, 0.15) is 105 Å². The van der Waals surface area contributed by atoms with Gasteiger partial charge in [0.25, 0.3) is 5.89 Å². The van der Waals surface area contributed by atoms with Crippen molar-refractivity contribution in [3.63, 3.8) is 0 Å². The van der Waals surface area contributed by atoms with E-state index in [-0.39, 0.29) is 18.2 Å². The van der Waals surface area contributed by atoms with Gasteiger partial charge in [0, 0.05) is 43.3 Å². The lowest BCUT2D eigenvalue weighted by molar-refractivity contribution is -0.0111. The minimum absolute atomic E-state index is 0.153. The fourth-order valence-electron chi connectivity index (χ4n) is 6.54. The number of hydrogen-bond donors (Lipinski definition) is 1. The molecule has 2 aromatic heterocycles. The molecule has 1 saturated heterocycles. The molecule has 43 heavy (non-hydrogen) atoms. The fourth-order valence-corrected chi connectivity index (χ4v) is 6.54. The van der Waals surface area contributed by atoms with E-state index in [1.807, 2.05) is 44.0 Å².